The van der Waals surface area contributed by atoms with Crippen molar-refractivity contribution in [2.24, 2.45) is 0 Å². The molecule has 0 radical (unpaired) electrons. The molecule has 142 valence electrons. The van der Waals surface area contributed by atoms with Crippen molar-refractivity contribution in [1.82, 2.24) is 0 Å². The van der Waals surface area contributed by atoms with Crippen LogP contribution in [0.25, 0.3) is 0 Å². The van der Waals surface area contributed by atoms with E-state index in [-0.39, 0.29) is 0 Å². The Balaban J connectivity index is 2.12. The summed E-state index contributed by atoms with van der Waals surface area (Å²) in [6.07, 6.45) is -14.3. The van der Waals surface area contributed by atoms with Gasteiger partial charge in [-0.05, 0) is 0 Å². The number of hydrogen-bond donors (Lipinski definition) is 7. The highest BCUT2D eigenvalue weighted by atomic mass is 16.8. The van der Waals surface area contributed by atoms with E-state index in [0.29, 0.717) is 0 Å². The molecule has 0 amide bonds. The first-order chi connectivity index (χ1) is 11.3. The van der Waals surface area contributed by atoms with E-state index >= 15 is 0 Å². The summed E-state index contributed by atoms with van der Waals surface area (Å²) in [6, 6.07) is 0. The average molecular weight is 356 g/mol. The molecule has 0 aromatic rings. The molecule has 0 aliphatic carbocycles. The molecule has 7 N–H and O–H groups in total. The molecule has 24 heavy (non-hydrogen) atoms. The Morgan fingerprint density at radius 2 is 1.21 bits per heavy atom. The van der Waals surface area contributed by atoms with Crippen LogP contribution in [0.1, 0.15) is 0 Å². The van der Waals surface area contributed by atoms with Gasteiger partial charge in [-0.25, -0.2) is 0 Å². The summed E-state index contributed by atoms with van der Waals surface area (Å²) in [7, 11) is 1.24. The minimum absolute atomic E-state index is 0.565. The zero-order valence-corrected chi connectivity index (χ0v) is 13.0. The van der Waals surface area contributed by atoms with Crippen LogP contribution in [0.2, 0.25) is 0 Å². The van der Waals surface area contributed by atoms with Crippen LogP contribution in [-0.4, -0.2) is 117 Å². The number of hydrogen-bond acceptors (Lipinski definition) is 11. The lowest BCUT2D eigenvalue weighted by molar-refractivity contribution is -0.364. The van der Waals surface area contributed by atoms with Crippen molar-refractivity contribution in [3.05, 3.63) is 0 Å². The molecule has 10 atom stereocenters. The Bertz CT molecular complexity index is 392. The van der Waals surface area contributed by atoms with Crippen molar-refractivity contribution >= 4 is 0 Å². The molecule has 11 nitrogen and oxygen atoms in total. The third-order valence-electron chi connectivity index (χ3n) is 4.20. The van der Waals surface area contributed by atoms with Gasteiger partial charge in [0.05, 0.1) is 13.2 Å². The monoisotopic (exact) mass is 356 g/mol. The Hall–Kier alpha value is -0.440. The maximum atomic E-state index is 10.2. The van der Waals surface area contributed by atoms with Gasteiger partial charge in [0.15, 0.2) is 12.6 Å². The maximum absolute atomic E-state index is 10.2. The van der Waals surface area contributed by atoms with Gasteiger partial charge in [0.25, 0.3) is 0 Å². The maximum Gasteiger partial charge on any atom is 0.187 e. The molecule has 0 bridgehead atoms. The SMILES string of the molecule is CO[C@H]1O[C@@H](CO)[C@H](O)[C@@H](O)[C@@H]1O[C@@H]1O[C@H](CO)[C@@H](O)[C@H](O)[C@@H]1O. The lowest BCUT2D eigenvalue weighted by Gasteiger charge is -2.45. The van der Waals surface area contributed by atoms with Crippen LogP contribution in [0.3, 0.4) is 0 Å². The molecule has 2 heterocycles. The molecule has 0 unspecified atom stereocenters. The molecule has 0 aromatic carbocycles. The van der Waals surface area contributed by atoms with E-state index in [9.17, 15) is 25.5 Å². The standard InChI is InChI=1S/C13H24O11/c1-21-13-11(9(19)7(17)5(3-15)23-13)24-12-10(20)8(18)6(16)4(2-14)22-12/h4-20H,2-3H2,1H3/t4-,5+,6-,7+,8+,9-,10+,11+,12+,13+/m1/s1. The Labute approximate surface area is 137 Å². The van der Waals surface area contributed by atoms with E-state index in [2.05, 4.69) is 0 Å². The highest BCUT2D eigenvalue weighted by molar-refractivity contribution is 4.93. The molecular formula is C13H24O11. The first-order valence-corrected chi connectivity index (χ1v) is 7.46. The Morgan fingerprint density at radius 1 is 0.708 bits per heavy atom. The zero-order valence-electron chi connectivity index (χ0n) is 13.0. The predicted molar refractivity (Wildman–Crippen MR) is 73.4 cm³/mol. The summed E-state index contributed by atoms with van der Waals surface area (Å²) < 4.78 is 20.8. The number of methoxy groups -OCH3 is 1. The number of aliphatic hydroxyl groups excluding tert-OH is 7. The second-order valence-electron chi connectivity index (χ2n) is 5.74. The highest BCUT2D eigenvalue weighted by Crippen LogP contribution is 2.29. The van der Waals surface area contributed by atoms with Gasteiger partial charge in [0.1, 0.15) is 48.8 Å². The zero-order chi connectivity index (χ0) is 18.0. The first kappa shape index (κ1) is 19.9. The fourth-order valence-corrected chi connectivity index (χ4v) is 2.73. The van der Waals surface area contributed by atoms with E-state index in [1.807, 2.05) is 0 Å². The van der Waals surface area contributed by atoms with E-state index in [0.717, 1.165) is 0 Å². The summed E-state index contributed by atoms with van der Waals surface area (Å²) in [5.41, 5.74) is 0. The van der Waals surface area contributed by atoms with Gasteiger partial charge in [0.2, 0.25) is 0 Å². The molecule has 11 heteroatoms. The summed E-state index contributed by atoms with van der Waals surface area (Å²) in [4.78, 5) is 0. The van der Waals surface area contributed by atoms with Crippen LogP contribution in [-0.2, 0) is 18.9 Å². The van der Waals surface area contributed by atoms with Crippen LogP contribution in [0.4, 0.5) is 0 Å². The van der Waals surface area contributed by atoms with Crippen LogP contribution in [0.15, 0.2) is 0 Å². The lowest BCUT2D eigenvalue weighted by Crippen LogP contribution is -2.64. The molecule has 0 spiro atoms. The summed E-state index contributed by atoms with van der Waals surface area (Å²) in [5.74, 6) is 0. The summed E-state index contributed by atoms with van der Waals surface area (Å²) in [6.45, 7) is -1.21. The fraction of sp³-hybridized carbons (Fsp3) is 1.00. The van der Waals surface area contributed by atoms with Gasteiger partial charge >= 0.3 is 0 Å². The largest absolute Gasteiger partial charge is 0.394 e. The van der Waals surface area contributed by atoms with Crippen molar-refractivity contribution in [3.63, 3.8) is 0 Å². The first-order valence-electron chi connectivity index (χ1n) is 7.46. The quantitative estimate of drug-likeness (QED) is 0.251. The van der Waals surface area contributed by atoms with Crippen LogP contribution < -0.4 is 0 Å². The van der Waals surface area contributed by atoms with Crippen molar-refractivity contribution in [2.45, 2.75) is 61.4 Å². The Kier molecular flexibility index (Phi) is 6.87. The minimum atomic E-state index is -1.68. The molecule has 2 aliphatic heterocycles. The van der Waals surface area contributed by atoms with Crippen molar-refractivity contribution in [1.29, 1.82) is 0 Å². The predicted octanol–water partition coefficient (Wildman–Crippen LogP) is -4.74. The van der Waals surface area contributed by atoms with E-state index in [1.54, 1.807) is 0 Å². The van der Waals surface area contributed by atoms with Gasteiger partial charge in [-0.1, -0.05) is 0 Å². The highest BCUT2D eigenvalue weighted by Gasteiger charge is 2.50. The molecular weight excluding hydrogens is 332 g/mol. The Morgan fingerprint density at radius 3 is 1.71 bits per heavy atom. The van der Waals surface area contributed by atoms with Gasteiger partial charge in [0, 0.05) is 7.11 Å². The van der Waals surface area contributed by atoms with Gasteiger partial charge in [-0.3, -0.25) is 0 Å². The second kappa shape index (κ2) is 8.29. The molecule has 2 aliphatic rings. The van der Waals surface area contributed by atoms with E-state index < -0.39 is 74.6 Å². The fourth-order valence-electron chi connectivity index (χ4n) is 2.73. The van der Waals surface area contributed by atoms with E-state index in [1.165, 1.54) is 7.11 Å². The average Bonchev–Trinajstić information content (AvgIpc) is 2.59. The van der Waals surface area contributed by atoms with Gasteiger partial charge in [-0.15, -0.1) is 0 Å². The topological polar surface area (TPSA) is 179 Å². The van der Waals surface area contributed by atoms with Crippen LogP contribution in [0.5, 0.6) is 0 Å². The molecule has 2 fully saturated rings. The molecule has 0 aromatic heterocycles. The van der Waals surface area contributed by atoms with Crippen molar-refractivity contribution < 1.29 is 54.7 Å². The van der Waals surface area contributed by atoms with Crippen molar-refractivity contribution in [2.75, 3.05) is 20.3 Å². The van der Waals surface area contributed by atoms with Gasteiger partial charge in [-0.2, -0.15) is 0 Å². The summed E-state index contributed by atoms with van der Waals surface area (Å²) in [5, 5.41) is 67.8. The lowest BCUT2D eigenvalue weighted by atomic mass is 9.97. The number of rotatable bonds is 5. The third-order valence-corrected chi connectivity index (χ3v) is 4.20. The summed E-state index contributed by atoms with van der Waals surface area (Å²) >= 11 is 0. The third kappa shape index (κ3) is 3.71. The smallest absolute Gasteiger partial charge is 0.187 e. The van der Waals surface area contributed by atoms with Crippen molar-refractivity contribution in [3.8, 4) is 0 Å². The minimum Gasteiger partial charge on any atom is -0.394 e. The molecule has 2 saturated heterocycles. The normalized spacial score (nSPS) is 50.0. The number of ether oxygens (including phenoxy) is 4. The van der Waals surface area contributed by atoms with E-state index in [4.69, 9.17) is 29.2 Å². The molecule has 0 saturated carbocycles. The molecule has 2 rings (SSSR count). The van der Waals surface area contributed by atoms with Gasteiger partial charge < -0.3 is 54.7 Å². The number of aliphatic hydroxyl groups is 7. The second-order valence-corrected chi connectivity index (χ2v) is 5.74. The van der Waals surface area contributed by atoms with Crippen LogP contribution >= 0.6 is 0 Å². The van der Waals surface area contributed by atoms with Crippen LogP contribution in [0, 0.1) is 0 Å².